The summed E-state index contributed by atoms with van der Waals surface area (Å²) in [5, 5.41) is 19.7. The van der Waals surface area contributed by atoms with Crippen LogP contribution in [0, 0.1) is 0 Å². The zero-order chi connectivity index (χ0) is 13.2. The average Bonchev–Trinajstić information content (AvgIpc) is 2.21. The molecule has 2 N–H and O–H groups in total. The Morgan fingerprint density at radius 2 is 1.76 bits per heavy atom. The topological polar surface area (TPSA) is 40.5 Å². The molecule has 0 bridgehead atoms. The molecule has 0 spiro atoms. The van der Waals surface area contributed by atoms with Gasteiger partial charge in [0.1, 0.15) is 0 Å². The number of phenols is 2. The van der Waals surface area contributed by atoms with Crippen molar-refractivity contribution in [1.82, 2.24) is 0 Å². The summed E-state index contributed by atoms with van der Waals surface area (Å²) in [5.41, 5.74) is 0.940. The van der Waals surface area contributed by atoms with Gasteiger partial charge in [0.05, 0.1) is 0 Å². The normalized spacial score (nSPS) is 12.1. The Bertz CT molecular complexity index is 397. The second-order valence-electron chi connectivity index (χ2n) is 5.25. The van der Waals surface area contributed by atoms with Crippen LogP contribution in [0.5, 0.6) is 11.5 Å². The molecule has 2 nitrogen and oxygen atoms in total. The third-order valence-electron chi connectivity index (χ3n) is 2.97. The second kappa shape index (κ2) is 5.50. The molecule has 0 saturated carbocycles. The number of aromatic hydroxyl groups is 2. The van der Waals surface area contributed by atoms with Crippen LogP contribution in [0.15, 0.2) is 12.1 Å². The fourth-order valence-electron chi connectivity index (χ4n) is 1.49. The van der Waals surface area contributed by atoms with Gasteiger partial charge in [0.2, 0.25) is 0 Å². The first-order valence-corrected chi connectivity index (χ1v) is 8.34. The Kier molecular flexibility index (Phi) is 4.75. The summed E-state index contributed by atoms with van der Waals surface area (Å²) in [6, 6.07) is 3.50. The molecule has 96 valence electrons. The number of benzene rings is 1. The number of phenolic OH excluding ortho intramolecular Hbond substituents is 2. The maximum atomic E-state index is 9.93. The van der Waals surface area contributed by atoms with Crippen LogP contribution in [0.3, 0.4) is 0 Å². The van der Waals surface area contributed by atoms with Crippen molar-refractivity contribution in [3.8, 4) is 11.5 Å². The molecule has 0 unspecified atom stereocenters. The molecule has 1 aromatic carbocycles. The summed E-state index contributed by atoms with van der Waals surface area (Å²) in [4.78, 5) is 0. The third kappa shape index (κ3) is 3.79. The summed E-state index contributed by atoms with van der Waals surface area (Å²) in [6.07, 6.45) is 1.12. The van der Waals surface area contributed by atoms with E-state index < -0.39 is 20.9 Å². The van der Waals surface area contributed by atoms with Gasteiger partial charge in [0.25, 0.3) is 0 Å². The van der Waals surface area contributed by atoms with Crippen LogP contribution in [0.2, 0.25) is 3.46 Å². The van der Waals surface area contributed by atoms with Gasteiger partial charge >= 0.3 is 114 Å². The molecular weight excluding hydrogens is 328 g/mol. The van der Waals surface area contributed by atoms with E-state index in [-0.39, 0.29) is 17.4 Å². The Labute approximate surface area is 114 Å². The van der Waals surface area contributed by atoms with Crippen molar-refractivity contribution in [2.75, 3.05) is 0 Å². The summed E-state index contributed by atoms with van der Waals surface area (Å²) in [6.45, 7) is 10.8. The van der Waals surface area contributed by atoms with E-state index in [4.69, 9.17) is 0 Å². The number of hydrogen-bond acceptors (Lipinski definition) is 2. The van der Waals surface area contributed by atoms with Crippen molar-refractivity contribution in [2.24, 2.45) is 0 Å². The van der Waals surface area contributed by atoms with Gasteiger partial charge < -0.3 is 0 Å². The molecule has 0 aromatic heterocycles. The SMILES string of the molecule is CCC(C)(C)[Te]c1cc(C(C)C)c(O)cc1O. The third-order valence-corrected chi connectivity index (χ3v) is 6.93. The molecule has 0 atom stereocenters. The fraction of sp³-hybridized carbons (Fsp3) is 0.571. The fourth-order valence-corrected chi connectivity index (χ4v) is 4.60. The van der Waals surface area contributed by atoms with Crippen LogP contribution in [-0.4, -0.2) is 31.1 Å². The van der Waals surface area contributed by atoms with Gasteiger partial charge in [-0.15, -0.1) is 0 Å². The second-order valence-corrected chi connectivity index (χ2v) is 10.2. The van der Waals surface area contributed by atoms with Crippen LogP contribution in [0.25, 0.3) is 0 Å². The summed E-state index contributed by atoms with van der Waals surface area (Å²) >= 11 is -0.455. The first-order valence-electron chi connectivity index (χ1n) is 6.01. The molecule has 0 aliphatic heterocycles. The molecule has 0 aliphatic carbocycles. The van der Waals surface area contributed by atoms with Crippen LogP contribution in [0.4, 0.5) is 0 Å². The maximum absolute atomic E-state index is 9.93. The number of rotatable bonds is 4. The minimum absolute atomic E-state index is 0.211. The molecule has 0 radical (unpaired) electrons. The van der Waals surface area contributed by atoms with E-state index in [1.165, 1.54) is 6.07 Å². The van der Waals surface area contributed by atoms with Crippen molar-refractivity contribution in [3.05, 3.63) is 17.7 Å². The van der Waals surface area contributed by atoms with Gasteiger partial charge in [-0.25, -0.2) is 0 Å². The first kappa shape index (κ1) is 14.7. The molecule has 3 heteroatoms. The molecular formula is C14H22O2Te. The van der Waals surface area contributed by atoms with Crippen molar-refractivity contribution in [2.45, 2.75) is 50.4 Å². The van der Waals surface area contributed by atoms with Gasteiger partial charge in [-0.1, -0.05) is 0 Å². The summed E-state index contributed by atoms with van der Waals surface area (Å²) < 4.78 is 1.36. The Morgan fingerprint density at radius 1 is 1.18 bits per heavy atom. The Hall–Kier alpha value is -0.390. The van der Waals surface area contributed by atoms with E-state index in [0.29, 0.717) is 3.46 Å². The van der Waals surface area contributed by atoms with Gasteiger partial charge in [0.15, 0.2) is 0 Å². The van der Waals surface area contributed by atoms with E-state index in [1.54, 1.807) is 0 Å². The minimum atomic E-state index is -0.455. The Morgan fingerprint density at radius 3 is 2.24 bits per heavy atom. The quantitative estimate of drug-likeness (QED) is 0.820. The van der Waals surface area contributed by atoms with Gasteiger partial charge in [-0.3, -0.25) is 0 Å². The van der Waals surface area contributed by atoms with Crippen molar-refractivity contribution in [1.29, 1.82) is 0 Å². The predicted molar refractivity (Wildman–Crippen MR) is 73.6 cm³/mol. The standard InChI is InChI=1S/C14H22O2Te/c1-6-14(4,5)17-13-7-10(9(2)3)11(15)8-12(13)16/h7-9,15-16H,6H2,1-5H3. The molecule has 0 saturated heterocycles. The molecule has 0 aliphatic rings. The molecule has 1 rings (SSSR count). The van der Waals surface area contributed by atoms with Crippen molar-refractivity contribution >= 4 is 24.5 Å². The van der Waals surface area contributed by atoms with E-state index in [1.807, 2.05) is 6.07 Å². The van der Waals surface area contributed by atoms with E-state index in [2.05, 4.69) is 34.6 Å². The van der Waals surface area contributed by atoms with Gasteiger partial charge in [0, 0.05) is 0 Å². The van der Waals surface area contributed by atoms with Crippen LogP contribution in [-0.2, 0) is 0 Å². The Balaban J connectivity index is 3.12. The van der Waals surface area contributed by atoms with E-state index >= 15 is 0 Å². The van der Waals surface area contributed by atoms with Crippen LogP contribution < -0.4 is 3.61 Å². The summed E-state index contributed by atoms with van der Waals surface area (Å²) in [7, 11) is 0. The zero-order valence-electron chi connectivity index (χ0n) is 11.2. The van der Waals surface area contributed by atoms with Gasteiger partial charge in [-0.2, -0.15) is 0 Å². The zero-order valence-corrected chi connectivity index (χ0v) is 13.6. The van der Waals surface area contributed by atoms with E-state index in [9.17, 15) is 10.2 Å². The average molecular weight is 350 g/mol. The van der Waals surface area contributed by atoms with E-state index in [0.717, 1.165) is 15.6 Å². The first-order chi connectivity index (χ1) is 7.76. The summed E-state index contributed by atoms with van der Waals surface area (Å²) in [5.74, 6) is 0.755. The molecule has 0 fully saturated rings. The molecule has 1 aromatic rings. The van der Waals surface area contributed by atoms with Crippen molar-refractivity contribution in [3.63, 3.8) is 0 Å². The molecule has 0 amide bonds. The van der Waals surface area contributed by atoms with Crippen LogP contribution in [0.1, 0.15) is 52.5 Å². The van der Waals surface area contributed by atoms with Crippen LogP contribution >= 0.6 is 0 Å². The van der Waals surface area contributed by atoms with Gasteiger partial charge in [-0.05, 0) is 0 Å². The predicted octanol–water partition coefficient (Wildman–Crippen LogP) is 3.16. The number of hydrogen-bond donors (Lipinski definition) is 2. The molecule has 0 heterocycles. The van der Waals surface area contributed by atoms with Crippen molar-refractivity contribution < 1.29 is 10.2 Å². The molecule has 17 heavy (non-hydrogen) atoms. The monoisotopic (exact) mass is 352 g/mol.